The lowest BCUT2D eigenvalue weighted by Crippen LogP contribution is -2.50. The fourth-order valence-corrected chi connectivity index (χ4v) is 2.83. The molecule has 2 rings (SSSR count). The van der Waals surface area contributed by atoms with E-state index in [9.17, 15) is 0 Å². The molecule has 1 atom stereocenters. The number of anilines is 1. The molecule has 0 aliphatic carbocycles. The van der Waals surface area contributed by atoms with Crippen LogP contribution in [0.5, 0.6) is 0 Å². The predicted molar refractivity (Wildman–Crippen MR) is 87.7 cm³/mol. The topological polar surface area (TPSA) is 18.5 Å². The SMILES string of the molecule is CC(C)NCc1c(Cl)cccc1N1CCN(C)C(C)C1. The Kier molecular flexibility index (Phi) is 5.30. The Bertz CT molecular complexity index is 447. The van der Waals surface area contributed by atoms with E-state index in [0.717, 1.165) is 31.2 Å². The van der Waals surface area contributed by atoms with Crippen molar-refractivity contribution < 1.29 is 0 Å². The summed E-state index contributed by atoms with van der Waals surface area (Å²) in [5.41, 5.74) is 2.50. The molecule has 0 spiro atoms. The van der Waals surface area contributed by atoms with E-state index in [0.29, 0.717) is 12.1 Å². The molecule has 1 aromatic carbocycles. The Labute approximate surface area is 127 Å². The molecule has 112 valence electrons. The fraction of sp³-hybridized carbons (Fsp3) is 0.625. The largest absolute Gasteiger partial charge is 0.368 e. The summed E-state index contributed by atoms with van der Waals surface area (Å²) in [6.07, 6.45) is 0. The van der Waals surface area contributed by atoms with Crippen LogP contribution in [0.3, 0.4) is 0 Å². The van der Waals surface area contributed by atoms with Crippen molar-refractivity contribution in [2.45, 2.75) is 39.4 Å². The molecule has 1 aromatic rings. The first-order valence-electron chi connectivity index (χ1n) is 7.45. The quantitative estimate of drug-likeness (QED) is 0.921. The third kappa shape index (κ3) is 3.66. The first-order valence-corrected chi connectivity index (χ1v) is 7.82. The Morgan fingerprint density at radius 1 is 1.35 bits per heavy atom. The van der Waals surface area contributed by atoms with Crippen LogP contribution in [0.25, 0.3) is 0 Å². The number of nitrogens with zero attached hydrogens (tertiary/aromatic N) is 2. The van der Waals surface area contributed by atoms with Gasteiger partial charge >= 0.3 is 0 Å². The van der Waals surface area contributed by atoms with Gasteiger partial charge in [0.15, 0.2) is 0 Å². The Hall–Kier alpha value is -0.770. The van der Waals surface area contributed by atoms with Crippen LogP contribution < -0.4 is 10.2 Å². The molecule has 3 nitrogen and oxygen atoms in total. The number of hydrogen-bond acceptors (Lipinski definition) is 3. The van der Waals surface area contributed by atoms with Crippen molar-refractivity contribution in [3.8, 4) is 0 Å². The van der Waals surface area contributed by atoms with E-state index in [2.05, 4.69) is 55.1 Å². The van der Waals surface area contributed by atoms with Crippen LogP contribution in [0.4, 0.5) is 5.69 Å². The second-order valence-electron chi connectivity index (χ2n) is 6.05. The van der Waals surface area contributed by atoms with Gasteiger partial charge in [0.1, 0.15) is 0 Å². The van der Waals surface area contributed by atoms with Gasteiger partial charge in [0.25, 0.3) is 0 Å². The van der Waals surface area contributed by atoms with E-state index in [1.54, 1.807) is 0 Å². The Morgan fingerprint density at radius 2 is 2.10 bits per heavy atom. The van der Waals surface area contributed by atoms with Gasteiger partial charge in [-0.1, -0.05) is 31.5 Å². The van der Waals surface area contributed by atoms with Gasteiger partial charge in [0.05, 0.1) is 0 Å². The number of halogens is 1. The van der Waals surface area contributed by atoms with E-state index in [4.69, 9.17) is 11.6 Å². The lowest BCUT2D eigenvalue weighted by molar-refractivity contribution is 0.234. The molecule has 0 bridgehead atoms. The van der Waals surface area contributed by atoms with Crippen LogP contribution in [0.2, 0.25) is 5.02 Å². The summed E-state index contributed by atoms with van der Waals surface area (Å²) in [5.74, 6) is 0. The molecular weight excluding hydrogens is 270 g/mol. The molecular formula is C16H26ClN3. The van der Waals surface area contributed by atoms with Gasteiger partial charge in [0, 0.05) is 54.5 Å². The fourth-order valence-electron chi connectivity index (χ4n) is 2.59. The summed E-state index contributed by atoms with van der Waals surface area (Å²) in [7, 11) is 2.20. The lowest BCUT2D eigenvalue weighted by Gasteiger charge is -2.40. The lowest BCUT2D eigenvalue weighted by atomic mass is 10.1. The van der Waals surface area contributed by atoms with E-state index in [1.165, 1.54) is 11.3 Å². The van der Waals surface area contributed by atoms with Crippen molar-refractivity contribution in [2.75, 3.05) is 31.6 Å². The molecule has 1 aliphatic rings. The minimum Gasteiger partial charge on any atom is -0.368 e. The average molecular weight is 296 g/mol. The highest BCUT2D eigenvalue weighted by atomic mass is 35.5. The predicted octanol–water partition coefficient (Wildman–Crippen LogP) is 2.98. The van der Waals surface area contributed by atoms with Gasteiger partial charge in [-0.3, -0.25) is 0 Å². The van der Waals surface area contributed by atoms with Crippen LogP contribution in [-0.2, 0) is 6.54 Å². The van der Waals surface area contributed by atoms with E-state index in [-0.39, 0.29) is 0 Å². The van der Waals surface area contributed by atoms with Crippen molar-refractivity contribution in [3.63, 3.8) is 0 Å². The molecule has 1 N–H and O–H groups in total. The molecule has 1 unspecified atom stereocenters. The summed E-state index contributed by atoms with van der Waals surface area (Å²) < 4.78 is 0. The highest BCUT2D eigenvalue weighted by Crippen LogP contribution is 2.29. The van der Waals surface area contributed by atoms with Gasteiger partial charge in [-0.2, -0.15) is 0 Å². The standard InChI is InChI=1S/C16H26ClN3/c1-12(2)18-10-14-15(17)6-5-7-16(14)20-9-8-19(4)13(3)11-20/h5-7,12-13,18H,8-11H2,1-4H3. The van der Waals surface area contributed by atoms with Crippen LogP contribution in [0.15, 0.2) is 18.2 Å². The third-order valence-electron chi connectivity index (χ3n) is 4.08. The van der Waals surface area contributed by atoms with Crippen LogP contribution in [0, 0.1) is 0 Å². The average Bonchev–Trinajstić information content (AvgIpc) is 2.40. The van der Waals surface area contributed by atoms with Crippen molar-refractivity contribution in [3.05, 3.63) is 28.8 Å². The Morgan fingerprint density at radius 3 is 2.75 bits per heavy atom. The zero-order chi connectivity index (χ0) is 14.7. The summed E-state index contributed by atoms with van der Waals surface area (Å²) >= 11 is 6.42. The summed E-state index contributed by atoms with van der Waals surface area (Å²) in [4.78, 5) is 4.88. The van der Waals surface area contributed by atoms with Crippen molar-refractivity contribution >= 4 is 17.3 Å². The van der Waals surface area contributed by atoms with E-state index >= 15 is 0 Å². The van der Waals surface area contributed by atoms with Crippen LogP contribution in [0.1, 0.15) is 26.3 Å². The van der Waals surface area contributed by atoms with Crippen LogP contribution in [-0.4, -0.2) is 43.7 Å². The van der Waals surface area contributed by atoms with Gasteiger partial charge < -0.3 is 15.1 Å². The maximum atomic E-state index is 6.42. The van der Waals surface area contributed by atoms with Crippen LogP contribution >= 0.6 is 11.6 Å². The van der Waals surface area contributed by atoms with Gasteiger partial charge in [-0.05, 0) is 26.1 Å². The molecule has 0 amide bonds. The second-order valence-corrected chi connectivity index (χ2v) is 6.46. The Balaban J connectivity index is 2.20. The maximum Gasteiger partial charge on any atom is 0.0471 e. The zero-order valence-corrected chi connectivity index (χ0v) is 13.7. The maximum absolute atomic E-state index is 6.42. The highest BCUT2D eigenvalue weighted by molar-refractivity contribution is 6.31. The second kappa shape index (κ2) is 6.79. The molecule has 0 radical (unpaired) electrons. The smallest absolute Gasteiger partial charge is 0.0471 e. The van der Waals surface area contributed by atoms with E-state index < -0.39 is 0 Å². The van der Waals surface area contributed by atoms with Gasteiger partial charge in [0.2, 0.25) is 0 Å². The number of hydrogen-bond donors (Lipinski definition) is 1. The van der Waals surface area contributed by atoms with Gasteiger partial charge in [-0.25, -0.2) is 0 Å². The summed E-state index contributed by atoms with van der Waals surface area (Å²) in [6, 6.07) is 7.28. The first-order chi connectivity index (χ1) is 9.49. The summed E-state index contributed by atoms with van der Waals surface area (Å²) in [5, 5.41) is 4.34. The number of rotatable bonds is 4. The minimum absolute atomic E-state index is 0.463. The molecule has 4 heteroatoms. The van der Waals surface area contributed by atoms with Crippen molar-refractivity contribution in [1.82, 2.24) is 10.2 Å². The first kappa shape index (κ1) is 15.6. The minimum atomic E-state index is 0.463. The third-order valence-corrected chi connectivity index (χ3v) is 4.44. The van der Waals surface area contributed by atoms with Crippen molar-refractivity contribution in [2.24, 2.45) is 0 Å². The highest BCUT2D eigenvalue weighted by Gasteiger charge is 2.23. The molecule has 1 heterocycles. The van der Waals surface area contributed by atoms with Gasteiger partial charge in [-0.15, -0.1) is 0 Å². The monoisotopic (exact) mass is 295 g/mol. The van der Waals surface area contributed by atoms with E-state index in [1.807, 2.05) is 6.07 Å². The molecule has 0 saturated carbocycles. The molecule has 20 heavy (non-hydrogen) atoms. The van der Waals surface area contributed by atoms with Crippen molar-refractivity contribution in [1.29, 1.82) is 0 Å². The molecule has 0 aromatic heterocycles. The number of likely N-dealkylation sites (N-methyl/N-ethyl adjacent to an activating group) is 1. The number of nitrogens with one attached hydrogen (secondary N) is 1. The zero-order valence-electron chi connectivity index (χ0n) is 13.0. The summed E-state index contributed by atoms with van der Waals surface area (Å²) in [6.45, 7) is 10.7. The molecule has 1 saturated heterocycles. The normalized spacial score (nSPS) is 20.7. The number of benzene rings is 1. The molecule has 1 fully saturated rings. The number of piperazine rings is 1. The molecule has 1 aliphatic heterocycles.